The van der Waals surface area contributed by atoms with Crippen molar-refractivity contribution in [2.45, 2.75) is 26.2 Å². The second-order valence-electron chi connectivity index (χ2n) is 4.98. The van der Waals surface area contributed by atoms with Gasteiger partial charge in [-0.1, -0.05) is 26.8 Å². The van der Waals surface area contributed by atoms with E-state index in [1.54, 1.807) is 6.20 Å². The Balaban J connectivity index is 2.68. The van der Waals surface area contributed by atoms with Gasteiger partial charge < -0.3 is 5.43 Å². The molecule has 2 aromatic rings. The Morgan fingerprint density at radius 2 is 1.94 bits per heavy atom. The van der Waals surface area contributed by atoms with Crippen LogP contribution in [0.3, 0.4) is 0 Å². The summed E-state index contributed by atoms with van der Waals surface area (Å²) in [6, 6.07) is 8.19. The van der Waals surface area contributed by atoms with Gasteiger partial charge in [-0.05, 0) is 29.2 Å². The first-order valence-corrected chi connectivity index (χ1v) is 5.38. The van der Waals surface area contributed by atoms with Crippen molar-refractivity contribution < 1.29 is 0 Å². The van der Waals surface area contributed by atoms with Crippen molar-refractivity contribution in [1.82, 2.24) is 4.98 Å². The molecular weight excluding hydrogens is 198 g/mol. The lowest BCUT2D eigenvalue weighted by atomic mass is 9.86. The van der Waals surface area contributed by atoms with Crippen LogP contribution in [0.15, 0.2) is 30.5 Å². The number of hydrogen-bond acceptors (Lipinski definition) is 3. The van der Waals surface area contributed by atoms with Crippen molar-refractivity contribution in [1.29, 1.82) is 0 Å². The zero-order valence-electron chi connectivity index (χ0n) is 9.91. The maximum atomic E-state index is 5.50. The van der Waals surface area contributed by atoms with E-state index in [2.05, 4.69) is 43.3 Å². The van der Waals surface area contributed by atoms with E-state index in [9.17, 15) is 0 Å². The van der Waals surface area contributed by atoms with E-state index >= 15 is 0 Å². The van der Waals surface area contributed by atoms with Gasteiger partial charge in [0.1, 0.15) is 0 Å². The fraction of sp³-hybridized carbons (Fsp3) is 0.308. The lowest BCUT2D eigenvalue weighted by Crippen LogP contribution is -2.11. The summed E-state index contributed by atoms with van der Waals surface area (Å²) in [6.07, 6.45) is 1.76. The molecule has 0 aliphatic heterocycles. The van der Waals surface area contributed by atoms with Gasteiger partial charge in [0.2, 0.25) is 0 Å². The van der Waals surface area contributed by atoms with Gasteiger partial charge in [0.15, 0.2) is 0 Å². The molecule has 16 heavy (non-hydrogen) atoms. The molecule has 0 unspecified atom stereocenters. The predicted octanol–water partition coefficient (Wildman–Crippen LogP) is 2.82. The van der Waals surface area contributed by atoms with Gasteiger partial charge in [-0.15, -0.1) is 0 Å². The summed E-state index contributed by atoms with van der Waals surface area (Å²) < 4.78 is 0. The average Bonchev–Trinajstić information content (AvgIpc) is 2.26. The number of aromatic nitrogens is 1. The Labute approximate surface area is 95.7 Å². The SMILES string of the molecule is CC(C)(C)c1ccc2nccc(NN)c2c1. The first-order chi connectivity index (χ1) is 7.52. The minimum atomic E-state index is 0.135. The first-order valence-electron chi connectivity index (χ1n) is 5.38. The van der Waals surface area contributed by atoms with Gasteiger partial charge in [0.05, 0.1) is 11.2 Å². The number of anilines is 1. The molecular formula is C13H17N3. The van der Waals surface area contributed by atoms with Crippen LogP contribution in [0, 0.1) is 0 Å². The van der Waals surface area contributed by atoms with Crippen LogP contribution in [0.2, 0.25) is 0 Å². The average molecular weight is 215 g/mol. The largest absolute Gasteiger partial charge is 0.323 e. The van der Waals surface area contributed by atoms with Crippen molar-refractivity contribution >= 4 is 16.6 Å². The van der Waals surface area contributed by atoms with Gasteiger partial charge in [-0.2, -0.15) is 0 Å². The predicted molar refractivity (Wildman–Crippen MR) is 68.3 cm³/mol. The molecule has 0 spiro atoms. The summed E-state index contributed by atoms with van der Waals surface area (Å²) in [5.41, 5.74) is 6.00. The zero-order chi connectivity index (χ0) is 11.8. The number of nitrogens with two attached hydrogens (primary N) is 1. The van der Waals surface area contributed by atoms with Crippen LogP contribution >= 0.6 is 0 Å². The van der Waals surface area contributed by atoms with E-state index in [0.717, 1.165) is 16.6 Å². The van der Waals surface area contributed by atoms with Crippen LogP contribution in [-0.2, 0) is 5.41 Å². The van der Waals surface area contributed by atoms with E-state index in [1.165, 1.54) is 5.56 Å². The third kappa shape index (κ3) is 1.86. The summed E-state index contributed by atoms with van der Waals surface area (Å²) in [6.45, 7) is 6.58. The molecule has 0 radical (unpaired) electrons. The van der Waals surface area contributed by atoms with Crippen LogP contribution in [0.5, 0.6) is 0 Å². The van der Waals surface area contributed by atoms with Gasteiger partial charge in [-0.3, -0.25) is 10.8 Å². The number of hydrazine groups is 1. The maximum absolute atomic E-state index is 5.50. The number of nitrogens with one attached hydrogen (secondary N) is 1. The molecule has 1 aromatic heterocycles. The number of fused-ring (bicyclic) bond motifs is 1. The Morgan fingerprint density at radius 3 is 2.56 bits per heavy atom. The third-order valence-electron chi connectivity index (χ3n) is 2.76. The fourth-order valence-corrected chi connectivity index (χ4v) is 1.74. The molecule has 1 aromatic carbocycles. The van der Waals surface area contributed by atoms with Crippen LogP contribution in [0.25, 0.3) is 10.9 Å². The topological polar surface area (TPSA) is 50.9 Å². The van der Waals surface area contributed by atoms with Crippen LogP contribution in [0.1, 0.15) is 26.3 Å². The monoisotopic (exact) mass is 215 g/mol. The quantitative estimate of drug-likeness (QED) is 0.568. The Bertz CT molecular complexity index is 512. The van der Waals surface area contributed by atoms with Crippen molar-refractivity contribution in [3.8, 4) is 0 Å². The molecule has 0 aliphatic carbocycles. The number of pyridine rings is 1. The van der Waals surface area contributed by atoms with E-state index in [-0.39, 0.29) is 5.41 Å². The van der Waals surface area contributed by atoms with Gasteiger partial charge in [-0.25, -0.2) is 0 Å². The van der Waals surface area contributed by atoms with E-state index in [4.69, 9.17) is 5.84 Å². The van der Waals surface area contributed by atoms with Gasteiger partial charge in [0, 0.05) is 11.6 Å². The molecule has 3 N–H and O–H groups in total. The summed E-state index contributed by atoms with van der Waals surface area (Å²) in [7, 11) is 0. The molecule has 0 amide bonds. The molecule has 2 rings (SSSR count). The summed E-state index contributed by atoms with van der Waals surface area (Å²) in [5.74, 6) is 5.50. The standard InChI is InChI=1S/C13H17N3/c1-13(2,3)9-4-5-11-10(8-9)12(16-14)6-7-15-11/h4-8H,14H2,1-3H3,(H,15,16). The fourth-order valence-electron chi connectivity index (χ4n) is 1.74. The lowest BCUT2D eigenvalue weighted by Gasteiger charge is -2.19. The molecule has 3 heteroatoms. The van der Waals surface area contributed by atoms with Crippen molar-refractivity contribution in [2.75, 3.05) is 5.43 Å². The summed E-state index contributed by atoms with van der Waals surface area (Å²) >= 11 is 0. The zero-order valence-corrected chi connectivity index (χ0v) is 9.91. The van der Waals surface area contributed by atoms with E-state index < -0.39 is 0 Å². The number of benzene rings is 1. The lowest BCUT2D eigenvalue weighted by molar-refractivity contribution is 0.591. The van der Waals surface area contributed by atoms with Gasteiger partial charge >= 0.3 is 0 Å². The van der Waals surface area contributed by atoms with Crippen LogP contribution < -0.4 is 11.3 Å². The van der Waals surface area contributed by atoms with E-state index in [1.807, 2.05) is 12.1 Å². The molecule has 0 aliphatic rings. The molecule has 84 valence electrons. The molecule has 0 fully saturated rings. The highest BCUT2D eigenvalue weighted by atomic mass is 15.2. The molecule has 0 saturated heterocycles. The molecule has 1 heterocycles. The van der Waals surface area contributed by atoms with Crippen molar-refractivity contribution in [3.63, 3.8) is 0 Å². The molecule has 0 saturated carbocycles. The van der Waals surface area contributed by atoms with Crippen LogP contribution in [-0.4, -0.2) is 4.98 Å². The van der Waals surface area contributed by atoms with Crippen LogP contribution in [0.4, 0.5) is 5.69 Å². The third-order valence-corrected chi connectivity index (χ3v) is 2.76. The van der Waals surface area contributed by atoms with Crippen molar-refractivity contribution in [3.05, 3.63) is 36.0 Å². The highest BCUT2D eigenvalue weighted by molar-refractivity contribution is 5.91. The van der Waals surface area contributed by atoms with Gasteiger partial charge in [0.25, 0.3) is 0 Å². The summed E-state index contributed by atoms with van der Waals surface area (Å²) in [4.78, 5) is 4.32. The van der Waals surface area contributed by atoms with E-state index in [0.29, 0.717) is 0 Å². The Morgan fingerprint density at radius 1 is 1.19 bits per heavy atom. The summed E-state index contributed by atoms with van der Waals surface area (Å²) in [5, 5.41) is 1.07. The van der Waals surface area contributed by atoms with Crippen molar-refractivity contribution in [2.24, 2.45) is 5.84 Å². The number of rotatable bonds is 1. The second kappa shape index (κ2) is 3.76. The minimum Gasteiger partial charge on any atom is -0.323 e. The first kappa shape index (κ1) is 10.9. The highest BCUT2D eigenvalue weighted by Crippen LogP contribution is 2.28. The number of nitrogens with zero attached hydrogens (tertiary/aromatic N) is 1. The Kier molecular flexibility index (Phi) is 2.56. The second-order valence-corrected chi connectivity index (χ2v) is 4.98. The molecule has 0 bridgehead atoms. The minimum absolute atomic E-state index is 0.135. The normalized spacial score (nSPS) is 11.8. The number of hydrogen-bond donors (Lipinski definition) is 2. The number of nitrogen functional groups attached to an aromatic ring is 1. The Hall–Kier alpha value is -1.61. The highest BCUT2D eigenvalue weighted by Gasteiger charge is 2.14. The maximum Gasteiger partial charge on any atom is 0.0723 e. The molecule has 0 atom stereocenters. The molecule has 3 nitrogen and oxygen atoms in total. The smallest absolute Gasteiger partial charge is 0.0723 e.